The van der Waals surface area contributed by atoms with E-state index in [0.29, 0.717) is 42.9 Å². The summed E-state index contributed by atoms with van der Waals surface area (Å²) in [5, 5.41) is 2.85. The maximum atomic E-state index is 13.2. The van der Waals surface area contributed by atoms with Crippen molar-refractivity contribution in [2.24, 2.45) is 5.92 Å². The molecule has 1 heterocycles. The first-order valence-corrected chi connectivity index (χ1v) is 11.2. The lowest BCUT2D eigenvalue weighted by atomic mass is 9.97. The maximum Gasteiger partial charge on any atom is 0.321 e. The third-order valence-corrected chi connectivity index (χ3v) is 6.82. The molecule has 0 spiro atoms. The topological polar surface area (TPSA) is 87.7 Å². The standard InChI is InChI=1S/C21H26FN3O4S/c1-15-13-17(22)7-8-20(15)30(27,28)23-14-16-9-11-25(12-10-16)21(26)24-18-5-3-4-6-19(18)29-2/h3-8,13,16,23H,9-12,14H2,1-2H3,(H,24,26). The molecule has 0 bridgehead atoms. The van der Waals surface area contributed by atoms with Crippen LogP contribution in [-0.2, 0) is 10.0 Å². The Morgan fingerprint density at radius 3 is 2.57 bits per heavy atom. The summed E-state index contributed by atoms with van der Waals surface area (Å²) in [5.74, 6) is 0.243. The molecule has 0 atom stereocenters. The number of piperidine rings is 1. The van der Waals surface area contributed by atoms with Crippen molar-refractivity contribution >= 4 is 21.7 Å². The van der Waals surface area contributed by atoms with Crippen molar-refractivity contribution in [3.63, 3.8) is 0 Å². The number of sulfonamides is 1. The number of hydrogen-bond donors (Lipinski definition) is 2. The predicted octanol–water partition coefficient (Wildman–Crippen LogP) is 3.37. The van der Waals surface area contributed by atoms with Crippen LogP contribution >= 0.6 is 0 Å². The number of methoxy groups -OCH3 is 1. The molecule has 2 amide bonds. The third-order valence-electron chi connectivity index (χ3n) is 5.24. The highest BCUT2D eigenvalue weighted by Crippen LogP contribution is 2.25. The summed E-state index contributed by atoms with van der Waals surface area (Å²) in [6, 6.07) is 10.6. The summed E-state index contributed by atoms with van der Waals surface area (Å²) in [6.45, 7) is 2.91. The number of carbonyl (C=O) groups excluding carboxylic acids is 1. The van der Waals surface area contributed by atoms with Gasteiger partial charge in [-0.25, -0.2) is 22.3 Å². The van der Waals surface area contributed by atoms with Crippen LogP contribution < -0.4 is 14.8 Å². The van der Waals surface area contributed by atoms with Gasteiger partial charge in [-0.3, -0.25) is 0 Å². The third kappa shape index (κ3) is 5.28. The molecule has 1 saturated heterocycles. The first kappa shape index (κ1) is 22.0. The number of urea groups is 1. The zero-order valence-electron chi connectivity index (χ0n) is 17.0. The normalized spacial score (nSPS) is 15.1. The number of hydrogen-bond acceptors (Lipinski definition) is 4. The fourth-order valence-corrected chi connectivity index (χ4v) is 4.84. The highest BCUT2D eigenvalue weighted by Gasteiger charge is 2.25. The lowest BCUT2D eigenvalue weighted by molar-refractivity contribution is 0.183. The largest absolute Gasteiger partial charge is 0.495 e. The van der Waals surface area contributed by atoms with Gasteiger partial charge in [-0.1, -0.05) is 12.1 Å². The van der Waals surface area contributed by atoms with E-state index in [4.69, 9.17) is 4.74 Å². The SMILES string of the molecule is COc1ccccc1NC(=O)N1CCC(CNS(=O)(=O)c2ccc(F)cc2C)CC1. The van der Waals surface area contributed by atoms with Crippen molar-refractivity contribution in [3.05, 3.63) is 53.8 Å². The van der Waals surface area contributed by atoms with Crippen molar-refractivity contribution < 1.29 is 22.3 Å². The number of para-hydroxylation sites is 2. The molecule has 30 heavy (non-hydrogen) atoms. The number of nitrogens with one attached hydrogen (secondary N) is 2. The summed E-state index contributed by atoms with van der Waals surface area (Å²) < 4.78 is 46.1. The van der Waals surface area contributed by atoms with Crippen LogP contribution in [0.15, 0.2) is 47.4 Å². The molecule has 1 aliphatic rings. The minimum atomic E-state index is -3.71. The molecule has 1 fully saturated rings. The molecule has 7 nitrogen and oxygen atoms in total. The van der Waals surface area contributed by atoms with Gasteiger partial charge < -0.3 is 15.0 Å². The molecule has 0 radical (unpaired) electrons. The van der Waals surface area contributed by atoms with Gasteiger partial charge in [0, 0.05) is 19.6 Å². The summed E-state index contributed by atoms with van der Waals surface area (Å²) in [7, 11) is -2.16. The maximum absolute atomic E-state index is 13.2. The van der Waals surface area contributed by atoms with Gasteiger partial charge in [-0.15, -0.1) is 0 Å². The van der Waals surface area contributed by atoms with E-state index >= 15 is 0 Å². The van der Waals surface area contributed by atoms with E-state index in [-0.39, 0.29) is 23.4 Å². The van der Waals surface area contributed by atoms with E-state index in [9.17, 15) is 17.6 Å². The molecule has 0 saturated carbocycles. The Hall–Kier alpha value is -2.65. The number of likely N-dealkylation sites (tertiary alicyclic amines) is 1. The van der Waals surface area contributed by atoms with E-state index in [0.717, 1.165) is 6.07 Å². The van der Waals surface area contributed by atoms with E-state index in [1.807, 2.05) is 12.1 Å². The molecule has 2 aromatic rings. The number of ether oxygens (including phenoxy) is 1. The molecule has 162 valence electrons. The zero-order valence-corrected chi connectivity index (χ0v) is 17.8. The number of anilines is 1. The Balaban J connectivity index is 1.51. The molecule has 0 aliphatic carbocycles. The summed E-state index contributed by atoms with van der Waals surface area (Å²) >= 11 is 0. The smallest absolute Gasteiger partial charge is 0.321 e. The highest BCUT2D eigenvalue weighted by molar-refractivity contribution is 7.89. The van der Waals surface area contributed by atoms with Gasteiger partial charge in [0.25, 0.3) is 0 Å². The van der Waals surface area contributed by atoms with Gasteiger partial charge in [-0.05, 0) is 61.6 Å². The Kier molecular flexibility index (Phi) is 6.94. The first-order valence-electron chi connectivity index (χ1n) is 9.75. The van der Waals surface area contributed by atoms with Crippen molar-refractivity contribution in [1.29, 1.82) is 0 Å². The van der Waals surface area contributed by atoms with E-state index < -0.39 is 15.8 Å². The minimum absolute atomic E-state index is 0.0810. The van der Waals surface area contributed by atoms with Crippen LogP contribution in [0.25, 0.3) is 0 Å². The average Bonchev–Trinajstić information content (AvgIpc) is 2.73. The van der Waals surface area contributed by atoms with Crippen LogP contribution in [-0.4, -0.2) is 46.1 Å². The van der Waals surface area contributed by atoms with E-state index in [1.54, 1.807) is 31.1 Å². The van der Waals surface area contributed by atoms with E-state index in [1.165, 1.54) is 12.1 Å². The van der Waals surface area contributed by atoms with Crippen LogP contribution in [0, 0.1) is 18.7 Å². The summed E-state index contributed by atoms with van der Waals surface area (Å²) in [6.07, 6.45) is 1.37. The Morgan fingerprint density at radius 1 is 1.20 bits per heavy atom. The number of rotatable bonds is 6. The van der Waals surface area contributed by atoms with Crippen LogP contribution in [0.4, 0.5) is 14.9 Å². The zero-order chi connectivity index (χ0) is 21.7. The average molecular weight is 436 g/mol. The fraction of sp³-hybridized carbons (Fsp3) is 0.381. The van der Waals surface area contributed by atoms with Crippen LogP contribution in [0.1, 0.15) is 18.4 Å². The lowest BCUT2D eigenvalue weighted by Gasteiger charge is -2.32. The molecule has 2 N–H and O–H groups in total. The molecular formula is C21H26FN3O4S. The molecule has 2 aromatic carbocycles. The number of aryl methyl sites for hydroxylation is 1. The monoisotopic (exact) mass is 435 g/mol. The van der Waals surface area contributed by atoms with Crippen molar-refractivity contribution in [3.8, 4) is 5.75 Å². The van der Waals surface area contributed by atoms with Gasteiger partial charge in [0.05, 0.1) is 17.7 Å². The molecule has 3 rings (SSSR count). The van der Waals surface area contributed by atoms with Gasteiger partial charge in [0.2, 0.25) is 10.0 Å². The number of halogens is 1. The second-order valence-electron chi connectivity index (χ2n) is 7.32. The molecule has 0 unspecified atom stereocenters. The van der Waals surface area contributed by atoms with Gasteiger partial charge in [0.15, 0.2) is 0 Å². The summed E-state index contributed by atoms with van der Waals surface area (Å²) in [4.78, 5) is 14.3. The fourth-order valence-electron chi connectivity index (χ4n) is 3.50. The molecular weight excluding hydrogens is 409 g/mol. The van der Waals surface area contributed by atoms with E-state index in [2.05, 4.69) is 10.0 Å². The van der Waals surface area contributed by atoms with Crippen LogP contribution in [0.2, 0.25) is 0 Å². The molecule has 1 aliphatic heterocycles. The Morgan fingerprint density at radius 2 is 1.90 bits per heavy atom. The first-order chi connectivity index (χ1) is 14.3. The van der Waals surface area contributed by atoms with Gasteiger partial charge in [-0.2, -0.15) is 0 Å². The Labute approximate surface area is 176 Å². The second-order valence-corrected chi connectivity index (χ2v) is 9.06. The lowest BCUT2D eigenvalue weighted by Crippen LogP contribution is -2.43. The van der Waals surface area contributed by atoms with Gasteiger partial charge >= 0.3 is 6.03 Å². The summed E-state index contributed by atoms with van der Waals surface area (Å²) in [5.41, 5.74) is 0.972. The second kappa shape index (κ2) is 9.44. The number of nitrogens with zero attached hydrogens (tertiary/aromatic N) is 1. The number of benzene rings is 2. The quantitative estimate of drug-likeness (QED) is 0.728. The highest BCUT2D eigenvalue weighted by atomic mass is 32.2. The van der Waals surface area contributed by atoms with Crippen LogP contribution in [0.3, 0.4) is 0 Å². The predicted molar refractivity (Wildman–Crippen MR) is 113 cm³/mol. The van der Waals surface area contributed by atoms with Crippen molar-refractivity contribution in [2.45, 2.75) is 24.7 Å². The Bertz CT molecular complexity index is 1010. The minimum Gasteiger partial charge on any atom is -0.495 e. The molecule has 9 heteroatoms. The number of amides is 2. The molecule has 0 aromatic heterocycles. The van der Waals surface area contributed by atoms with Crippen molar-refractivity contribution in [1.82, 2.24) is 9.62 Å². The van der Waals surface area contributed by atoms with Crippen LogP contribution in [0.5, 0.6) is 5.75 Å². The van der Waals surface area contributed by atoms with Gasteiger partial charge in [0.1, 0.15) is 11.6 Å². The number of carbonyl (C=O) groups is 1. The van der Waals surface area contributed by atoms with Crippen molar-refractivity contribution in [2.75, 3.05) is 32.1 Å².